The number of rotatable bonds is 5. The molecule has 0 saturated heterocycles. The molecule has 0 aliphatic rings. The smallest absolute Gasteiger partial charge is 0.191 e. The quantitative estimate of drug-likeness (QED) is 0.388. The van der Waals surface area contributed by atoms with E-state index in [1.165, 1.54) is 0 Å². The van der Waals surface area contributed by atoms with Crippen LogP contribution in [0.3, 0.4) is 0 Å². The molecule has 1 aromatic heterocycles. The molecule has 1 aromatic carbocycles. The summed E-state index contributed by atoms with van der Waals surface area (Å²) in [6, 6.07) is 7.92. The molecule has 1 heterocycles. The van der Waals surface area contributed by atoms with Crippen molar-refractivity contribution in [2.24, 2.45) is 4.99 Å². The molecule has 0 bridgehead atoms. The SMILES string of the molecule is CN=C(NCc1csc(N(C)C)n1)NC(C)c1cccc(Cl)c1.I. The van der Waals surface area contributed by atoms with E-state index in [-0.39, 0.29) is 30.0 Å². The van der Waals surface area contributed by atoms with Gasteiger partial charge in [0.1, 0.15) is 0 Å². The molecule has 0 aliphatic heterocycles. The molecule has 1 unspecified atom stereocenters. The zero-order valence-corrected chi connectivity index (χ0v) is 18.1. The largest absolute Gasteiger partial charge is 0.354 e. The first-order valence-corrected chi connectivity index (χ1v) is 8.59. The van der Waals surface area contributed by atoms with Gasteiger partial charge in [0.2, 0.25) is 0 Å². The number of halogens is 2. The molecular formula is C16H23ClIN5S. The topological polar surface area (TPSA) is 52.6 Å². The maximum absolute atomic E-state index is 6.04. The maximum atomic E-state index is 6.04. The molecule has 8 heteroatoms. The molecule has 0 fully saturated rings. The number of nitrogens with zero attached hydrogens (tertiary/aromatic N) is 3. The van der Waals surface area contributed by atoms with Crippen LogP contribution >= 0.6 is 46.9 Å². The van der Waals surface area contributed by atoms with Gasteiger partial charge in [0, 0.05) is 31.5 Å². The molecule has 0 radical (unpaired) electrons. The van der Waals surface area contributed by atoms with Crippen molar-refractivity contribution >= 4 is 58.0 Å². The van der Waals surface area contributed by atoms with Gasteiger partial charge >= 0.3 is 0 Å². The van der Waals surface area contributed by atoms with E-state index in [0.29, 0.717) is 6.54 Å². The minimum absolute atomic E-state index is 0. The molecule has 5 nitrogen and oxygen atoms in total. The fourth-order valence-electron chi connectivity index (χ4n) is 2.02. The average molecular weight is 480 g/mol. The summed E-state index contributed by atoms with van der Waals surface area (Å²) in [6.45, 7) is 2.71. The van der Waals surface area contributed by atoms with E-state index >= 15 is 0 Å². The van der Waals surface area contributed by atoms with Crippen LogP contribution < -0.4 is 15.5 Å². The van der Waals surface area contributed by atoms with Gasteiger partial charge in [0.25, 0.3) is 0 Å². The number of nitrogens with one attached hydrogen (secondary N) is 2. The Morgan fingerprint density at radius 2 is 2.17 bits per heavy atom. The normalized spacial score (nSPS) is 12.3. The highest BCUT2D eigenvalue weighted by molar-refractivity contribution is 14.0. The van der Waals surface area contributed by atoms with Crippen LogP contribution in [0.15, 0.2) is 34.6 Å². The molecule has 0 saturated carbocycles. The summed E-state index contributed by atoms with van der Waals surface area (Å²) in [5.74, 6) is 0.733. The van der Waals surface area contributed by atoms with E-state index in [1.807, 2.05) is 43.3 Å². The molecule has 1 atom stereocenters. The van der Waals surface area contributed by atoms with Gasteiger partial charge in [-0.25, -0.2) is 4.98 Å². The fraction of sp³-hybridized carbons (Fsp3) is 0.375. The molecule has 0 amide bonds. The molecule has 2 rings (SSSR count). The minimum atomic E-state index is 0. The number of hydrogen-bond acceptors (Lipinski definition) is 4. The van der Waals surface area contributed by atoms with Crippen LogP contribution in [0.1, 0.15) is 24.2 Å². The number of anilines is 1. The minimum Gasteiger partial charge on any atom is -0.354 e. The first-order chi connectivity index (χ1) is 11.0. The standard InChI is InChI=1S/C16H22ClN5S.HI/c1-11(12-6-5-7-13(17)8-12)20-15(18-2)19-9-14-10-23-16(21-14)22(3)4;/h5-8,10-11H,9H2,1-4H3,(H2,18,19,20);1H. The number of aromatic nitrogens is 1. The molecule has 2 aromatic rings. The number of benzene rings is 1. The summed E-state index contributed by atoms with van der Waals surface area (Å²) in [5, 5.41) is 10.4. The lowest BCUT2D eigenvalue weighted by Gasteiger charge is -2.18. The highest BCUT2D eigenvalue weighted by atomic mass is 127. The van der Waals surface area contributed by atoms with Crippen molar-refractivity contribution in [2.75, 3.05) is 26.0 Å². The van der Waals surface area contributed by atoms with Crippen LogP contribution in [0.5, 0.6) is 0 Å². The third-order valence-corrected chi connectivity index (χ3v) is 4.58. The third kappa shape index (κ3) is 6.10. The predicted octanol–water partition coefficient (Wildman–Crippen LogP) is 3.91. The van der Waals surface area contributed by atoms with Gasteiger partial charge < -0.3 is 15.5 Å². The second kappa shape index (κ2) is 10.0. The second-order valence-corrected chi connectivity index (χ2v) is 6.64. The van der Waals surface area contributed by atoms with Crippen LogP contribution in [0.2, 0.25) is 5.02 Å². The summed E-state index contributed by atoms with van der Waals surface area (Å²) >= 11 is 7.67. The predicted molar refractivity (Wildman–Crippen MR) is 115 cm³/mol. The van der Waals surface area contributed by atoms with Crippen LogP contribution in [-0.2, 0) is 6.54 Å². The van der Waals surface area contributed by atoms with Crippen molar-refractivity contribution in [3.8, 4) is 0 Å². The maximum Gasteiger partial charge on any atom is 0.191 e. The Labute approximate surface area is 169 Å². The zero-order valence-electron chi connectivity index (χ0n) is 14.2. The lowest BCUT2D eigenvalue weighted by Crippen LogP contribution is -2.38. The highest BCUT2D eigenvalue weighted by Crippen LogP contribution is 2.18. The Bertz CT molecular complexity index is 674. The van der Waals surface area contributed by atoms with Gasteiger partial charge in [-0.2, -0.15) is 0 Å². The van der Waals surface area contributed by atoms with E-state index < -0.39 is 0 Å². The molecule has 24 heavy (non-hydrogen) atoms. The Balaban J connectivity index is 0.00000288. The van der Waals surface area contributed by atoms with Crippen molar-refractivity contribution in [1.82, 2.24) is 15.6 Å². The molecule has 132 valence electrons. The van der Waals surface area contributed by atoms with Gasteiger partial charge in [0.15, 0.2) is 11.1 Å². The van der Waals surface area contributed by atoms with Crippen LogP contribution in [-0.4, -0.2) is 32.1 Å². The molecule has 0 spiro atoms. The van der Waals surface area contributed by atoms with E-state index in [0.717, 1.165) is 27.4 Å². The van der Waals surface area contributed by atoms with E-state index in [9.17, 15) is 0 Å². The van der Waals surface area contributed by atoms with Crippen LogP contribution in [0.25, 0.3) is 0 Å². The molecule has 0 aliphatic carbocycles. The van der Waals surface area contributed by atoms with E-state index in [2.05, 4.69) is 32.9 Å². The van der Waals surface area contributed by atoms with Gasteiger partial charge in [-0.3, -0.25) is 4.99 Å². The Kier molecular flexibility index (Phi) is 8.79. The number of guanidine groups is 1. The monoisotopic (exact) mass is 479 g/mol. The Hall–Kier alpha value is -1.06. The van der Waals surface area contributed by atoms with Crippen LogP contribution in [0, 0.1) is 0 Å². The Morgan fingerprint density at radius 3 is 2.75 bits per heavy atom. The second-order valence-electron chi connectivity index (χ2n) is 5.36. The van der Waals surface area contributed by atoms with Crippen molar-refractivity contribution in [3.63, 3.8) is 0 Å². The van der Waals surface area contributed by atoms with Crippen molar-refractivity contribution in [2.45, 2.75) is 19.5 Å². The van der Waals surface area contributed by atoms with Gasteiger partial charge in [-0.1, -0.05) is 23.7 Å². The summed E-state index contributed by atoms with van der Waals surface area (Å²) in [5.41, 5.74) is 2.11. The van der Waals surface area contributed by atoms with Crippen molar-refractivity contribution in [3.05, 3.63) is 45.9 Å². The number of aliphatic imine (C=N–C) groups is 1. The first kappa shape index (κ1) is 21.0. The van der Waals surface area contributed by atoms with Crippen LogP contribution in [0.4, 0.5) is 5.13 Å². The zero-order chi connectivity index (χ0) is 16.8. The van der Waals surface area contributed by atoms with Gasteiger partial charge in [0.05, 0.1) is 18.3 Å². The lowest BCUT2D eigenvalue weighted by atomic mass is 10.1. The number of hydrogen-bond donors (Lipinski definition) is 2. The first-order valence-electron chi connectivity index (χ1n) is 7.34. The Morgan fingerprint density at radius 1 is 1.42 bits per heavy atom. The summed E-state index contributed by atoms with van der Waals surface area (Å²) in [7, 11) is 5.73. The third-order valence-electron chi connectivity index (χ3n) is 3.28. The fourth-order valence-corrected chi connectivity index (χ4v) is 2.97. The van der Waals surface area contributed by atoms with Gasteiger partial charge in [-0.15, -0.1) is 35.3 Å². The van der Waals surface area contributed by atoms with Gasteiger partial charge in [-0.05, 0) is 24.6 Å². The number of thiazole rings is 1. The summed E-state index contributed by atoms with van der Waals surface area (Å²) < 4.78 is 0. The average Bonchev–Trinajstić information content (AvgIpc) is 3.00. The van der Waals surface area contributed by atoms with E-state index in [4.69, 9.17) is 11.6 Å². The molecular weight excluding hydrogens is 457 g/mol. The van der Waals surface area contributed by atoms with E-state index in [1.54, 1.807) is 18.4 Å². The van der Waals surface area contributed by atoms with Crippen molar-refractivity contribution in [1.29, 1.82) is 0 Å². The summed E-state index contributed by atoms with van der Waals surface area (Å²) in [6.07, 6.45) is 0. The summed E-state index contributed by atoms with van der Waals surface area (Å²) in [4.78, 5) is 10.8. The van der Waals surface area contributed by atoms with Crippen molar-refractivity contribution < 1.29 is 0 Å². The highest BCUT2D eigenvalue weighted by Gasteiger charge is 2.09. The lowest BCUT2D eigenvalue weighted by molar-refractivity contribution is 0.683. The molecule has 2 N–H and O–H groups in total.